The minimum atomic E-state index is 0.134. The molecule has 6 heteroatoms. The molecule has 2 aromatic carbocycles. The Morgan fingerprint density at radius 2 is 2.03 bits per heavy atom. The summed E-state index contributed by atoms with van der Waals surface area (Å²) in [6.45, 7) is 6.04. The molecule has 2 N–H and O–H groups in total. The maximum Gasteiger partial charge on any atom is 0.191 e. The van der Waals surface area contributed by atoms with Gasteiger partial charge in [0.15, 0.2) is 5.96 Å². The third-order valence-electron chi connectivity index (χ3n) is 4.72. The van der Waals surface area contributed by atoms with Crippen LogP contribution in [0.1, 0.15) is 23.1 Å². The minimum Gasteiger partial charge on any atom is -0.488 e. The van der Waals surface area contributed by atoms with Crippen LogP contribution in [0.3, 0.4) is 0 Å². The Balaban J connectivity index is 1.43. The monoisotopic (exact) mass is 397 g/mol. The number of hydrogen-bond donors (Lipinski definition) is 2. The molecule has 29 heavy (non-hydrogen) atoms. The van der Waals surface area contributed by atoms with Gasteiger partial charge < -0.3 is 24.8 Å². The fourth-order valence-electron chi connectivity index (χ4n) is 3.11. The molecule has 2 aromatic rings. The molecule has 6 nitrogen and oxygen atoms in total. The Labute approximate surface area is 173 Å². The van der Waals surface area contributed by atoms with Crippen molar-refractivity contribution in [3.05, 3.63) is 65.2 Å². The molecule has 0 spiro atoms. The van der Waals surface area contributed by atoms with Crippen LogP contribution in [-0.4, -0.2) is 45.5 Å². The summed E-state index contributed by atoms with van der Waals surface area (Å²) >= 11 is 0. The van der Waals surface area contributed by atoms with Crippen molar-refractivity contribution in [2.24, 2.45) is 4.99 Å². The number of rotatable bonds is 9. The number of nitrogens with one attached hydrogen (secondary N) is 2. The Morgan fingerprint density at radius 3 is 2.79 bits per heavy atom. The van der Waals surface area contributed by atoms with Gasteiger partial charge in [0.2, 0.25) is 0 Å². The van der Waals surface area contributed by atoms with Crippen molar-refractivity contribution in [3.8, 4) is 5.75 Å². The molecular formula is C23H31N3O3. The molecule has 1 atom stereocenters. The smallest absolute Gasteiger partial charge is 0.191 e. The number of hydrogen-bond acceptors (Lipinski definition) is 4. The molecule has 1 fully saturated rings. The third-order valence-corrected chi connectivity index (χ3v) is 4.72. The summed E-state index contributed by atoms with van der Waals surface area (Å²) in [6.07, 6.45) is 1.07. The van der Waals surface area contributed by atoms with Gasteiger partial charge in [-0.2, -0.15) is 0 Å². The zero-order valence-corrected chi connectivity index (χ0v) is 17.3. The number of benzene rings is 2. The quantitative estimate of drug-likeness (QED) is 0.387. The first-order valence-corrected chi connectivity index (χ1v) is 10.1. The van der Waals surface area contributed by atoms with Crippen molar-refractivity contribution in [3.63, 3.8) is 0 Å². The summed E-state index contributed by atoms with van der Waals surface area (Å²) in [5.74, 6) is 1.65. The van der Waals surface area contributed by atoms with Crippen molar-refractivity contribution in [2.45, 2.75) is 32.6 Å². The van der Waals surface area contributed by atoms with Gasteiger partial charge in [-0.25, -0.2) is 0 Å². The van der Waals surface area contributed by atoms with Crippen LogP contribution in [0.4, 0.5) is 0 Å². The van der Waals surface area contributed by atoms with E-state index in [1.54, 1.807) is 7.05 Å². The van der Waals surface area contributed by atoms with Crippen molar-refractivity contribution < 1.29 is 14.2 Å². The van der Waals surface area contributed by atoms with Gasteiger partial charge in [0.05, 0.1) is 26.4 Å². The molecule has 1 unspecified atom stereocenters. The van der Waals surface area contributed by atoms with Crippen molar-refractivity contribution >= 4 is 5.96 Å². The van der Waals surface area contributed by atoms with Crippen LogP contribution in [0.15, 0.2) is 53.5 Å². The second kappa shape index (κ2) is 11.4. The molecule has 0 bridgehead atoms. The molecule has 1 saturated heterocycles. The van der Waals surface area contributed by atoms with E-state index in [1.807, 2.05) is 18.2 Å². The lowest BCUT2D eigenvalue weighted by molar-refractivity contribution is 0.125. The van der Waals surface area contributed by atoms with Crippen LogP contribution in [-0.2, 0) is 22.6 Å². The van der Waals surface area contributed by atoms with E-state index in [2.05, 4.69) is 52.9 Å². The van der Waals surface area contributed by atoms with E-state index in [1.165, 1.54) is 11.1 Å². The largest absolute Gasteiger partial charge is 0.488 e. The Morgan fingerprint density at radius 1 is 1.17 bits per heavy atom. The topological polar surface area (TPSA) is 64.1 Å². The van der Waals surface area contributed by atoms with E-state index in [0.29, 0.717) is 32.9 Å². The fourth-order valence-corrected chi connectivity index (χ4v) is 3.11. The minimum absolute atomic E-state index is 0.134. The number of nitrogens with zero attached hydrogens (tertiary/aromatic N) is 1. The lowest BCUT2D eigenvalue weighted by Crippen LogP contribution is -2.38. The van der Waals surface area contributed by atoms with Crippen LogP contribution in [0, 0.1) is 6.92 Å². The molecule has 0 aliphatic carbocycles. The number of aryl methyl sites for hydroxylation is 1. The van der Waals surface area contributed by atoms with E-state index >= 15 is 0 Å². The highest BCUT2D eigenvalue weighted by Crippen LogP contribution is 2.23. The van der Waals surface area contributed by atoms with Crippen molar-refractivity contribution in [1.29, 1.82) is 0 Å². The molecule has 0 saturated carbocycles. The Kier molecular flexibility index (Phi) is 8.34. The zero-order chi connectivity index (χ0) is 20.3. The zero-order valence-electron chi connectivity index (χ0n) is 17.3. The molecule has 0 amide bonds. The Bertz CT molecular complexity index is 774. The van der Waals surface area contributed by atoms with Gasteiger partial charge in [0.25, 0.3) is 0 Å². The third kappa shape index (κ3) is 7.07. The normalized spacial score (nSPS) is 16.6. The number of ether oxygens (including phenoxy) is 3. The molecular weight excluding hydrogens is 366 g/mol. The summed E-state index contributed by atoms with van der Waals surface area (Å²) in [7, 11) is 1.77. The predicted octanol–water partition coefficient (Wildman–Crippen LogP) is 3.04. The number of aliphatic imine (C=N–C) groups is 1. The van der Waals surface area contributed by atoms with Gasteiger partial charge in [0, 0.05) is 32.1 Å². The van der Waals surface area contributed by atoms with Crippen molar-refractivity contribution in [2.75, 3.05) is 33.4 Å². The predicted molar refractivity (Wildman–Crippen MR) is 115 cm³/mol. The highest BCUT2D eigenvalue weighted by Gasteiger charge is 2.18. The van der Waals surface area contributed by atoms with Gasteiger partial charge in [0.1, 0.15) is 11.9 Å². The van der Waals surface area contributed by atoms with Crippen LogP contribution < -0.4 is 15.4 Å². The summed E-state index contributed by atoms with van der Waals surface area (Å²) in [4.78, 5) is 4.29. The molecule has 0 aromatic heterocycles. The maximum absolute atomic E-state index is 6.16. The SMILES string of the molecule is CN=C(NCCOCc1ccccc1)NCc1ccc(C)cc1OC1CCOC1. The molecule has 156 valence electrons. The van der Waals surface area contributed by atoms with Crippen LogP contribution >= 0.6 is 0 Å². The Hall–Kier alpha value is -2.57. The van der Waals surface area contributed by atoms with Gasteiger partial charge in [-0.3, -0.25) is 4.99 Å². The van der Waals surface area contributed by atoms with Gasteiger partial charge in [-0.1, -0.05) is 42.5 Å². The van der Waals surface area contributed by atoms with Crippen LogP contribution in [0.5, 0.6) is 5.75 Å². The van der Waals surface area contributed by atoms with E-state index < -0.39 is 0 Å². The van der Waals surface area contributed by atoms with Crippen molar-refractivity contribution in [1.82, 2.24) is 10.6 Å². The first-order valence-electron chi connectivity index (χ1n) is 10.1. The molecule has 1 aliphatic heterocycles. The summed E-state index contributed by atoms with van der Waals surface area (Å²) < 4.78 is 17.3. The molecule has 3 rings (SSSR count). The highest BCUT2D eigenvalue weighted by atomic mass is 16.5. The maximum atomic E-state index is 6.16. The van der Waals surface area contributed by atoms with Gasteiger partial charge >= 0.3 is 0 Å². The molecule has 1 heterocycles. The van der Waals surface area contributed by atoms with Gasteiger partial charge in [-0.15, -0.1) is 0 Å². The van der Waals surface area contributed by atoms with Gasteiger partial charge in [-0.05, 0) is 24.1 Å². The average molecular weight is 398 g/mol. The molecule has 1 aliphatic rings. The molecule has 0 radical (unpaired) electrons. The number of guanidine groups is 1. The summed E-state index contributed by atoms with van der Waals surface area (Å²) in [6, 6.07) is 16.5. The fraction of sp³-hybridized carbons (Fsp3) is 0.435. The lowest BCUT2D eigenvalue weighted by atomic mass is 10.1. The summed E-state index contributed by atoms with van der Waals surface area (Å²) in [5, 5.41) is 6.63. The first kappa shape index (κ1) is 21.1. The van der Waals surface area contributed by atoms with E-state index in [-0.39, 0.29) is 6.10 Å². The second-order valence-electron chi connectivity index (χ2n) is 7.11. The van der Waals surface area contributed by atoms with E-state index in [4.69, 9.17) is 14.2 Å². The first-order chi connectivity index (χ1) is 14.2. The average Bonchev–Trinajstić information content (AvgIpc) is 3.25. The standard InChI is InChI=1S/C23H31N3O3/c1-18-8-9-20(22(14-18)29-21-10-12-27-17-21)15-26-23(24-2)25-11-13-28-16-19-6-4-3-5-7-19/h3-9,14,21H,10-13,15-17H2,1-2H3,(H2,24,25,26). The van der Waals surface area contributed by atoms with Crippen LogP contribution in [0.2, 0.25) is 0 Å². The summed E-state index contributed by atoms with van der Waals surface area (Å²) in [5.41, 5.74) is 3.46. The van der Waals surface area contributed by atoms with Crippen LogP contribution in [0.25, 0.3) is 0 Å². The highest BCUT2D eigenvalue weighted by molar-refractivity contribution is 5.79. The van der Waals surface area contributed by atoms with E-state index in [0.717, 1.165) is 30.3 Å². The second-order valence-corrected chi connectivity index (χ2v) is 7.11. The lowest BCUT2D eigenvalue weighted by Gasteiger charge is -2.18. The van der Waals surface area contributed by atoms with E-state index in [9.17, 15) is 0 Å².